The Morgan fingerprint density at radius 1 is 1.17 bits per heavy atom. The SMILES string of the molecule is CCOc1cc(/C=C/C(=O)N(C)Cc2cnn(-c3ccccc3)c2)ccc1OC. The van der Waals surface area contributed by atoms with Gasteiger partial charge >= 0.3 is 0 Å². The van der Waals surface area contributed by atoms with Crippen LogP contribution in [-0.4, -0.2) is 41.4 Å². The monoisotopic (exact) mass is 391 g/mol. The number of hydrogen-bond donors (Lipinski definition) is 0. The van der Waals surface area contributed by atoms with Gasteiger partial charge in [-0.05, 0) is 42.8 Å². The second kappa shape index (κ2) is 9.59. The molecule has 0 saturated carbocycles. The van der Waals surface area contributed by atoms with Gasteiger partial charge in [0, 0.05) is 31.4 Å². The zero-order chi connectivity index (χ0) is 20.6. The Hall–Kier alpha value is -3.54. The Kier molecular flexibility index (Phi) is 6.68. The summed E-state index contributed by atoms with van der Waals surface area (Å²) in [7, 11) is 3.37. The van der Waals surface area contributed by atoms with Gasteiger partial charge in [0.15, 0.2) is 11.5 Å². The molecule has 1 heterocycles. The Balaban J connectivity index is 1.63. The first-order valence-corrected chi connectivity index (χ1v) is 9.43. The Labute approximate surface area is 171 Å². The third-order valence-corrected chi connectivity index (χ3v) is 4.36. The minimum atomic E-state index is -0.0914. The molecule has 3 rings (SSSR count). The van der Waals surface area contributed by atoms with Gasteiger partial charge in [0.25, 0.3) is 0 Å². The standard InChI is InChI=1S/C23H25N3O3/c1-4-29-22-14-18(10-12-21(22)28-3)11-13-23(27)25(2)16-19-15-24-26(17-19)20-8-6-5-7-9-20/h5-15,17H,4,16H2,1-3H3/b13-11+. The van der Waals surface area contributed by atoms with Crippen molar-refractivity contribution in [2.24, 2.45) is 0 Å². The summed E-state index contributed by atoms with van der Waals surface area (Å²) in [6.45, 7) is 2.94. The maximum Gasteiger partial charge on any atom is 0.246 e. The molecule has 0 atom stereocenters. The van der Waals surface area contributed by atoms with Crippen LogP contribution in [0.25, 0.3) is 11.8 Å². The van der Waals surface area contributed by atoms with E-state index in [4.69, 9.17) is 9.47 Å². The zero-order valence-electron chi connectivity index (χ0n) is 16.9. The summed E-state index contributed by atoms with van der Waals surface area (Å²) >= 11 is 0. The topological polar surface area (TPSA) is 56.6 Å². The van der Waals surface area contributed by atoms with Gasteiger partial charge in [-0.1, -0.05) is 24.3 Å². The number of hydrogen-bond acceptors (Lipinski definition) is 4. The highest BCUT2D eigenvalue weighted by molar-refractivity contribution is 5.91. The number of aromatic nitrogens is 2. The van der Waals surface area contributed by atoms with Crippen molar-refractivity contribution in [2.75, 3.05) is 20.8 Å². The molecule has 150 valence electrons. The lowest BCUT2D eigenvalue weighted by Crippen LogP contribution is -2.23. The van der Waals surface area contributed by atoms with E-state index in [-0.39, 0.29) is 5.91 Å². The van der Waals surface area contributed by atoms with Crippen LogP contribution in [0.2, 0.25) is 0 Å². The highest BCUT2D eigenvalue weighted by Gasteiger charge is 2.09. The van der Waals surface area contributed by atoms with Crippen LogP contribution >= 0.6 is 0 Å². The first-order valence-electron chi connectivity index (χ1n) is 9.43. The number of benzene rings is 2. The Morgan fingerprint density at radius 2 is 1.97 bits per heavy atom. The van der Waals surface area contributed by atoms with Crippen molar-refractivity contribution in [3.63, 3.8) is 0 Å². The number of rotatable bonds is 8. The molecule has 0 aliphatic rings. The average molecular weight is 391 g/mol. The van der Waals surface area contributed by atoms with Gasteiger partial charge in [-0.15, -0.1) is 0 Å². The fourth-order valence-corrected chi connectivity index (χ4v) is 2.88. The lowest BCUT2D eigenvalue weighted by molar-refractivity contribution is -0.125. The summed E-state index contributed by atoms with van der Waals surface area (Å²) in [5.74, 6) is 1.24. The van der Waals surface area contributed by atoms with Crippen molar-refractivity contribution in [1.82, 2.24) is 14.7 Å². The van der Waals surface area contributed by atoms with Crippen LogP contribution in [0, 0.1) is 0 Å². The van der Waals surface area contributed by atoms with Crippen LogP contribution in [0.4, 0.5) is 0 Å². The second-order valence-corrected chi connectivity index (χ2v) is 6.50. The van der Waals surface area contributed by atoms with Crippen molar-refractivity contribution < 1.29 is 14.3 Å². The minimum absolute atomic E-state index is 0.0914. The first-order chi connectivity index (χ1) is 14.1. The molecule has 1 amide bonds. The number of nitrogens with zero attached hydrogens (tertiary/aromatic N) is 3. The van der Waals surface area contributed by atoms with Crippen LogP contribution in [0.3, 0.4) is 0 Å². The van der Waals surface area contributed by atoms with Gasteiger partial charge in [-0.25, -0.2) is 4.68 Å². The predicted octanol–water partition coefficient (Wildman–Crippen LogP) is 3.95. The van der Waals surface area contributed by atoms with Crippen LogP contribution in [-0.2, 0) is 11.3 Å². The van der Waals surface area contributed by atoms with E-state index in [0.29, 0.717) is 24.7 Å². The van der Waals surface area contributed by atoms with E-state index in [9.17, 15) is 4.79 Å². The smallest absolute Gasteiger partial charge is 0.246 e. The van der Waals surface area contributed by atoms with Gasteiger partial charge < -0.3 is 14.4 Å². The maximum absolute atomic E-state index is 12.5. The molecule has 0 saturated heterocycles. The summed E-state index contributed by atoms with van der Waals surface area (Å²) in [5, 5.41) is 4.37. The summed E-state index contributed by atoms with van der Waals surface area (Å²) in [6, 6.07) is 15.4. The minimum Gasteiger partial charge on any atom is -0.493 e. The molecule has 2 aromatic carbocycles. The van der Waals surface area contributed by atoms with Gasteiger partial charge in [0.05, 0.1) is 25.6 Å². The van der Waals surface area contributed by atoms with E-state index in [2.05, 4.69) is 5.10 Å². The molecular formula is C23H25N3O3. The average Bonchev–Trinajstić information content (AvgIpc) is 3.21. The van der Waals surface area contributed by atoms with Crippen LogP contribution in [0.1, 0.15) is 18.1 Å². The molecule has 0 unspecified atom stereocenters. The number of amides is 1. The van der Waals surface area contributed by atoms with Crippen molar-refractivity contribution in [2.45, 2.75) is 13.5 Å². The van der Waals surface area contributed by atoms with Gasteiger partial charge in [0.1, 0.15) is 0 Å². The maximum atomic E-state index is 12.5. The summed E-state index contributed by atoms with van der Waals surface area (Å²) in [6.07, 6.45) is 7.03. The molecule has 1 aromatic heterocycles. The predicted molar refractivity (Wildman–Crippen MR) is 113 cm³/mol. The summed E-state index contributed by atoms with van der Waals surface area (Å²) in [5.41, 5.74) is 2.81. The Morgan fingerprint density at radius 3 is 2.69 bits per heavy atom. The number of carbonyl (C=O) groups excluding carboxylic acids is 1. The fraction of sp³-hybridized carbons (Fsp3) is 0.217. The van der Waals surface area contributed by atoms with E-state index in [1.54, 1.807) is 42.1 Å². The molecule has 0 N–H and O–H groups in total. The van der Waals surface area contributed by atoms with Crippen LogP contribution < -0.4 is 9.47 Å². The molecular weight excluding hydrogens is 366 g/mol. The normalized spacial score (nSPS) is 10.9. The first kappa shape index (κ1) is 20.2. The number of para-hydroxylation sites is 1. The van der Waals surface area contributed by atoms with E-state index in [1.807, 2.05) is 61.7 Å². The molecule has 0 aliphatic heterocycles. The van der Waals surface area contributed by atoms with Crippen molar-refractivity contribution in [3.05, 3.63) is 78.1 Å². The molecule has 6 nitrogen and oxygen atoms in total. The number of methoxy groups -OCH3 is 1. The van der Waals surface area contributed by atoms with Crippen molar-refractivity contribution in [3.8, 4) is 17.2 Å². The summed E-state index contributed by atoms with van der Waals surface area (Å²) < 4.78 is 12.7. The highest BCUT2D eigenvalue weighted by Crippen LogP contribution is 2.28. The van der Waals surface area contributed by atoms with Crippen LogP contribution in [0.5, 0.6) is 11.5 Å². The van der Waals surface area contributed by atoms with E-state index in [1.165, 1.54) is 0 Å². The van der Waals surface area contributed by atoms with E-state index in [0.717, 1.165) is 16.8 Å². The fourth-order valence-electron chi connectivity index (χ4n) is 2.88. The number of carbonyl (C=O) groups is 1. The third-order valence-electron chi connectivity index (χ3n) is 4.36. The molecule has 0 bridgehead atoms. The van der Waals surface area contributed by atoms with Crippen LogP contribution in [0.15, 0.2) is 67.0 Å². The largest absolute Gasteiger partial charge is 0.493 e. The lowest BCUT2D eigenvalue weighted by atomic mass is 10.2. The summed E-state index contributed by atoms with van der Waals surface area (Å²) in [4.78, 5) is 14.1. The third kappa shape index (κ3) is 5.25. The lowest BCUT2D eigenvalue weighted by Gasteiger charge is -2.13. The molecule has 0 fully saturated rings. The molecule has 29 heavy (non-hydrogen) atoms. The molecule has 0 radical (unpaired) electrons. The quantitative estimate of drug-likeness (QED) is 0.546. The molecule has 3 aromatic rings. The number of likely N-dealkylation sites (N-methyl/N-ethyl adjacent to an activating group) is 1. The van der Waals surface area contributed by atoms with Crippen molar-refractivity contribution >= 4 is 12.0 Å². The van der Waals surface area contributed by atoms with Gasteiger partial charge in [-0.3, -0.25) is 4.79 Å². The number of ether oxygens (including phenoxy) is 2. The van der Waals surface area contributed by atoms with Crippen molar-refractivity contribution in [1.29, 1.82) is 0 Å². The van der Waals surface area contributed by atoms with E-state index < -0.39 is 0 Å². The Bertz CT molecular complexity index is 980. The molecule has 0 spiro atoms. The second-order valence-electron chi connectivity index (χ2n) is 6.50. The molecule has 0 aliphatic carbocycles. The van der Waals surface area contributed by atoms with Gasteiger partial charge in [-0.2, -0.15) is 5.10 Å². The van der Waals surface area contributed by atoms with E-state index >= 15 is 0 Å². The van der Waals surface area contributed by atoms with Gasteiger partial charge in [0.2, 0.25) is 5.91 Å². The zero-order valence-corrected chi connectivity index (χ0v) is 16.9. The highest BCUT2D eigenvalue weighted by atomic mass is 16.5. The molecule has 6 heteroatoms.